The van der Waals surface area contributed by atoms with Crippen molar-refractivity contribution in [3.63, 3.8) is 0 Å². The van der Waals surface area contributed by atoms with Crippen LogP contribution < -0.4 is 0 Å². The first-order chi connectivity index (χ1) is 15.3. The van der Waals surface area contributed by atoms with Crippen molar-refractivity contribution in [1.82, 2.24) is 19.3 Å². The quantitative estimate of drug-likeness (QED) is 0.568. The maximum Gasteiger partial charge on any atom is 0.246 e. The minimum absolute atomic E-state index is 0.131. The van der Waals surface area contributed by atoms with Crippen LogP contribution in [0.2, 0.25) is 0 Å². The molecule has 0 saturated carbocycles. The topological polar surface area (TPSA) is 96.6 Å². The molecule has 1 amide bonds. The van der Waals surface area contributed by atoms with Gasteiger partial charge in [-0.1, -0.05) is 47.1 Å². The first-order valence-corrected chi connectivity index (χ1v) is 12.0. The molecule has 8 nitrogen and oxygen atoms in total. The van der Waals surface area contributed by atoms with Gasteiger partial charge in [0.05, 0.1) is 17.4 Å². The lowest BCUT2D eigenvalue weighted by Gasteiger charge is -2.33. The number of sulfonamides is 1. The first kappa shape index (κ1) is 22.2. The summed E-state index contributed by atoms with van der Waals surface area (Å²) in [7, 11) is -1.95. The van der Waals surface area contributed by atoms with Gasteiger partial charge in [-0.2, -0.15) is 9.29 Å². The second-order valence-corrected chi connectivity index (χ2v) is 10.0. The van der Waals surface area contributed by atoms with E-state index in [-0.39, 0.29) is 23.9 Å². The Balaban J connectivity index is 1.42. The van der Waals surface area contributed by atoms with E-state index in [1.807, 2.05) is 31.2 Å². The van der Waals surface area contributed by atoms with Crippen molar-refractivity contribution < 1.29 is 17.7 Å². The number of rotatable bonds is 6. The van der Waals surface area contributed by atoms with Crippen LogP contribution in [0.3, 0.4) is 0 Å². The highest BCUT2D eigenvalue weighted by Crippen LogP contribution is 2.25. The van der Waals surface area contributed by atoms with Crippen LogP contribution in [-0.4, -0.2) is 53.8 Å². The van der Waals surface area contributed by atoms with Gasteiger partial charge in [0, 0.05) is 25.7 Å². The van der Waals surface area contributed by atoms with Crippen molar-refractivity contribution in [3.05, 3.63) is 66.1 Å². The van der Waals surface area contributed by atoms with Crippen molar-refractivity contribution in [1.29, 1.82) is 0 Å². The largest absolute Gasteiger partial charge is 0.337 e. The Hall–Kier alpha value is -3.04. The number of nitrogens with zero attached hydrogens (tertiary/aromatic N) is 4. The summed E-state index contributed by atoms with van der Waals surface area (Å²) < 4.78 is 32.6. The van der Waals surface area contributed by atoms with E-state index >= 15 is 0 Å². The number of carbonyl (C=O) groups excluding carboxylic acids is 1. The van der Waals surface area contributed by atoms with E-state index in [0.29, 0.717) is 31.1 Å². The van der Waals surface area contributed by atoms with Crippen LogP contribution in [0.15, 0.2) is 64.0 Å². The fraction of sp³-hybridized carbons (Fsp3) is 0.348. The Kier molecular flexibility index (Phi) is 6.38. The van der Waals surface area contributed by atoms with Crippen LogP contribution in [-0.2, 0) is 21.4 Å². The summed E-state index contributed by atoms with van der Waals surface area (Å²) in [6.45, 7) is 2.73. The molecule has 0 N–H and O–H groups in total. The molecule has 0 radical (unpaired) electrons. The minimum Gasteiger partial charge on any atom is -0.337 e. The summed E-state index contributed by atoms with van der Waals surface area (Å²) in [5.74, 6) is 0.268. The molecule has 0 bridgehead atoms. The van der Waals surface area contributed by atoms with Gasteiger partial charge in [-0.05, 0) is 38.0 Å². The van der Waals surface area contributed by atoms with E-state index in [2.05, 4.69) is 10.1 Å². The number of aryl methyl sites for hydroxylation is 1. The van der Waals surface area contributed by atoms with E-state index in [4.69, 9.17) is 4.52 Å². The van der Waals surface area contributed by atoms with Gasteiger partial charge < -0.3 is 9.42 Å². The number of hydrogen-bond donors (Lipinski definition) is 0. The molecular formula is C23H26N4O4S. The van der Waals surface area contributed by atoms with Crippen molar-refractivity contribution in [2.75, 3.05) is 20.1 Å². The molecule has 1 saturated heterocycles. The molecule has 0 spiro atoms. The monoisotopic (exact) mass is 454 g/mol. The second-order valence-electron chi connectivity index (χ2n) is 8.09. The molecule has 1 aliphatic heterocycles. The third-order valence-electron chi connectivity index (χ3n) is 5.61. The maximum absolute atomic E-state index is 13.0. The van der Waals surface area contributed by atoms with Gasteiger partial charge in [-0.3, -0.25) is 4.79 Å². The Morgan fingerprint density at radius 2 is 1.97 bits per heavy atom. The number of aromatic nitrogens is 2. The van der Waals surface area contributed by atoms with E-state index in [0.717, 1.165) is 11.1 Å². The number of benzene rings is 2. The SMILES string of the molecule is Cc1cccc(-c2noc(CN(C)C(=O)[C@H]3CCCN(S(=O)(=O)c4ccccc4)C3)n2)c1. The predicted molar refractivity (Wildman–Crippen MR) is 119 cm³/mol. The number of carbonyl (C=O) groups is 1. The first-order valence-electron chi connectivity index (χ1n) is 10.5. The highest BCUT2D eigenvalue weighted by Gasteiger charge is 2.34. The zero-order chi connectivity index (χ0) is 22.7. The average Bonchev–Trinajstić information content (AvgIpc) is 3.28. The summed E-state index contributed by atoms with van der Waals surface area (Å²) in [4.78, 5) is 19.2. The highest BCUT2D eigenvalue weighted by molar-refractivity contribution is 7.89. The van der Waals surface area contributed by atoms with Gasteiger partial charge in [0.15, 0.2) is 0 Å². The van der Waals surface area contributed by atoms with E-state index < -0.39 is 15.9 Å². The Morgan fingerprint density at radius 3 is 2.72 bits per heavy atom. The van der Waals surface area contributed by atoms with Crippen molar-refractivity contribution in [2.45, 2.75) is 31.2 Å². The van der Waals surface area contributed by atoms with E-state index in [9.17, 15) is 13.2 Å². The number of hydrogen-bond acceptors (Lipinski definition) is 6. The fourth-order valence-electron chi connectivity index (χ4n) is 3.92. The van der Waals surface area contributed by atoms with Crippen LogP contribution >= 0.6 is 0 Å². The van der Waals surface area contributed by atoms with Crippen molar-refractivity contribution in [2.24, 2.45) is 5.92 Å². The van der Waals surface area contributed by atoms with Gasteiger partial charge in [-0.25, -0.2) is 8.42 Å². The van der Waals surface area contributed by atoms with Crippen molar-refractivity contribution in [3.8, 4) is 11.4 Å². The lowest BCUT2D eigenvalue weighted by atomic mass is 9.98. The molecule has 4 rings (SSSR count). The van der Waals surface area contributed by atoms with Crippen LogP contribution in [0.5, 0.6) is 0 Å². The third-order valence-corrected chi connectivity index (χ3v) is 7.49. The molecule has 1 aromatic heterocycles. The predicted octanol–water partition coefficient (Wildman–Crippen LogP) is 3.10. The van der Waals surface area contributed by atoms with Crippen LogP contribution in [0.25, 0.3) is 11.4 Å². The van der Waals surface area contributed by atoms with E-state index in [1.165, 1.54) is 9.21 Å². The molecule has 2 aromatic carbocycles. The second kappa shape index (κ2) is 9.22. The standard InChI is InChI=1S/C23H26N4O4S/c1-17-8-6-9-18(14-17)22-24-21(31-25-22)16-26(2)23(28)19-10-7-13-27(15-19)32(29,30)20-11-4-3-5-12-20/h3-6,8-9,11-12,14,19H,7,10,13,15-16H2,1-2H3/t19-/m0/s1. The highest BCUT2D eigenvalue weighted by atomic mass is 32.2. The van der Waals surface area contributed by atoms with Crippen molar-refractivity contribution >= 4 is 15.9 Å². The lowest BCUT2D eigenvalue weighted by molar-refractivity contribution is -0.136. The van der Waals surface area contributed by atoms with E-state index in [1.54, 1.807) is 37.4 Å². The van der Waals surface area contributed by atoms with Gasteiger partial charge in [0.25, 0.3) is 0 Å². The van der Waals surface area contributed by atoms with Crippen LogP contribution in [0, 0.1) is 12.8 Å². The van der Waals surface area contributed by atoms with Gasteiger partial charge >= 0.3 is 0 Å². The third kappa shape index (κ3) is 4.73. The number of piperidine rings is 1. The molecule has 32 heavy (non-hydrogen) atoms. The Bertz CT molecular complexity index is 1190. The Morgan fingerprint density at radius 1 is 1.19 bits per heavy atom. The molecular weight excluding hydrogens is 428 g/mol. The normalized spacial score (nSPS) is 17.2. The molecule has 3 aromatic rings. The molecule has 9 heteroatoms. The fourth-order valence-corrected chi connectivity index (χ4v) is 5.46. The summed E-state index contributed by atoms with van der Waals surface area (Å²) >= 11 is 0. The zero-order valence-corrected chi connectivity index (χ0v) is 19.0. The Labute approximate surface area is 187 Å². The molecule has 2 heterocycles. The molecule has 1 atom stereocenters. The summed E-state index contributed by atoms with van der Waals surface area (Å²) in [6.07, 6.45) is 1.27. The number of amides is 1. The molecule has 168 valence electrons. The average molecular weight is 455 g/mol. The van der Waals surface area contributed by atoms with Gasteiger partial charge in [0.2, 0.25) is 27.6 Å². The zero-order valence-electron chi connectivity index (χ0n) is 18.1. The summed E-state index contributed by atoms with van der Waals surface area (Å²) in [5, 5.41) is 4.02. The summed E-state index contributed by atoms with van der Waals surface area (Å²) in [6, 6.07) is 16.1. The molecule has 1 aliphatic rings. The van der Waals surface area contributed by atoms with Crippen LogP contribution in [0.4, 0.5) is 0 Å². The van der Waals surface area contributed by atoms with Gasteiger partial charge in [-0.15, -0.1) is 0 Å². The lowest BCUT2D eigenvalue weighted by Crippen LogP contribution is -2.45. The van der Waals surface area contributed by atoms with Crippen LogP contribution in [0.1, 0.15) is 24.3 Å². The smallest absolute Gasteiger partial charge is 0.246 e. The summed E-state index contributed by atoms with van der Waals surface area (Å²) in [5.41, 5.74) is 1.94. The molecule has 0 aliphatic carbocycles. The molecule has 1 fully saturated rings. The minimum atomic E-state index is -3.62. The van der Waals surface area contributed by atoms with Gasteiger partial charge in [0.1, 0.15) is 0 Å². The maximum atomic E-state index is 13.0. The molecule has 0 unspecified atom stereocenters.